The van der Waals surface area contributed by atoms with Gasteiger partial charge in [0.15, 0.2) is 0 Å². The molecule has 0 amide bonds. The van der Waals surface area contributed by atoms with Gasteiger partial charge in [0.2, 0.25) is 0 Å². The summed E-state index contributed by atoms with van der Waals surface area (Å²) in [4.78, 5) is 6.19. The third-order valence-corrected chi connectivity index (χ3v) is 4.83. The number of hydrogen-bond donors (Lipinski definition) is 1. The Balaban J connectivity index is 2.98. The predicted molar refractivity (Wildman–Crippen MR) is 87.4 cm³/mol. The molecule has 4 heteroatoms. The maximum Gasteiger partial charge on any atom is 0.125 e. The van der Waals surface area contributed by atoms with Crippen molar-refractivity contribution in [2.75, 3.05) is 6.61 Å². The third-order valence-electron chi connectivity index (χ3n) is 3.48. The second-order valence-electron chi connectivity index (χ2n) is 6.36. The van der Waals surface area contributed by atoms with Gasteiger partial charge in [0.25, 0.3) is 0 Å². The molecule has 1 aromatic rings. The van der Waals surface area contributed by atoms with Gasteiger partial charge in [-0.2, -0.15) is 0 Å². The van der Waals surface area contributed by atoms with Crippen molar-refractivity contribution in [1.29, 1.82) is 0 Å². The zero-order valence-electron chi connectivity index (χ0n) is 14.1. The SMILES string of the molecule is CCOC(C)(CC)c1nc(CC)c(CNC(C)(C)C)s1. The molecule has 1 N–H and O–H groups in total. The van der Waals surface area contributed by atoms with Gasteiger partial charge in [0, 0.05) is 23.6 Å². The van der Waals surface area contributed by atoms with Crippen LogP contribution in [0.3, 0.4) is 0 Å². The molecule has 0 fully saturated rings. The molecule has 0 aromatic carbocycles. The van der Waals surface area contributed by atoms with E-state index in [4.69, 9.17) is 9.72 Å². The highest BCUT2D eigenvalue weighted by molar-refractivity contribution is 7.11. The molecule has 20 heavy (non-hydrogen) atoms. The van der Waals surface area contributed by atoms with Crippen LogP contribution in [0.5, 0.6) is 0 Å². The van der Waals surface area contributed by atoms with Crippen LogP contribution in [0.4, 0.5) is 0 Å². The van der Waals surface area contributed by atoms with Gasteiger partial charge in [-0.25, -0.2) is 4.98 Å². The van der Waals surface area contributed by atoms with Crippen LogP contribution in [0.25, 0.3) is 0 Å². The molecule has 0 saturated carbocycles. The van der Waals surface area contributed by atoms with E-state index in [2.05, 4.69) is 46.9 Å². The van der Waals surface area contributed by atoms with Crippen molar-refractivity contribution in [2.24, 2.45) is 0 Å². The smallest absolute Gasteiger partial charge is 0.125 e. The lowest BCUT2D eigenvalue weighted by Gasteiger charge is -2.25. The van der Waals surface area contributed by atoms with E-state index in [1.165, 1.54) is 10.6 Å². The van der Waals surface area contributed by atoms with Crippen LogP contribution < -0.4 is 5.32 Å². The first-order chi connectivity index (χ1) is 9.25. The Kier molecular flexibility index (Phi) is 6.17. The number of aromatic nitrogens is 1. The molecule has 0 aliphatic heterocycles. The summed E-state index contributed by atoms with van der Waals surface area (Å²) in [5.74, 6) is 0. The van der Waals surface area contributed by atoms with E-state index < -0.39 is 0 Å². The summed E-state index contributed by atoms with van der Waals surface area (Å²) in [5.41, 5.74) is 1.09. The van der Waals surface area contributed by atoms with Gasteiger partial charge in [-0.3, -0.25) is 0 Å². The molecular formula is C16H30N2OS. The maximum absolute atomic E-state index is 5.95. The molecule has 0 aliphatic rings. The van der Waals surface area contributed by atoms with Gasteiger partial charge < -0.3 is 10.1 Å². The number of nitrogens with one attached hydrogen (secondary N) is 1. The van der Waals surface area contributed by atoms with E-state index in [9.17, 15) is 0 Å². The van der Waals surface area contributed by atoms with Gasteiger partial charge in [-0.1, -0.05) is 13.8 Å². The molecule has 0 spiro atoms. The zero-order chi connectivity index (χ0) is 15.4. The van der Waals surface area contributed by atoms with E-state index in [-0.39, 0.29) is 11.1 Å². The molecule has 0 aliphatic carbocycles. The Hall–Kier alpha value is -0.450. The van der Waals surface area contributed by atoms with Crippen molar-refractivity contribution in [2.45, 2.75) is 79.0 Å². The first kappa shape index (κ1) is 17.6. The minimum absolute atomic E-state index is 0.128. The molecule has 3 nitrogen and oxygen atoms in total. The summed E-state index contributed by atoms with van der Waals surface area (Å²) in [6.07, 6.45) is 1.92. The summed E-state index contributed by atoms with van der Waals surface area (Å²) in [6.45, 7) is 16.7. The number of rotatable bonds is 7. The lowest BCUT2D eigenvalue weighted by molar-refractivity contribution is -0.0325. The van der Waals surface area contributed by atoms with Crippen LogP contribution in [-0.2, 0) is 23.3 Å². The molecule has 0 radical (unpaired) electrons. The fourth-order valence-electron chi connectivity index (χ4n) is 2.00. The van der Waals surface area contributed by atoms with Crippen molar-refractivity contribution in [3.8, 4) is 0 Å². The van der Waals surface area contributed by atoms with E-state index in [1.54, 1.807) is 11.3 Å². The van der Waals surface area contributed by atoms with Crippen LogP contribution in [0.2, 0.25) is 0 Å². The highest BCUT2D eigenvalue weighted by Gasteiger charge is 2.30. The number of thiazole rings is 1. The van der Waals surface area contributed by atoms with Gasteiger partial charge in [0.1, 0.15) is 10.6 Å². The molecule has 0 saturated heterocycles. The number of aryl methyl sites for hydroxylation is 1. The van der Waals surface area contributed by atoms with E-state index in [0.29, 0.717) is 0 Å². The summed E-state index contributed by atoms with van der Waals surface area (Å²) < 4.78 is 5.95. The minimum Gasteiger partial charge on any atom is -0.368 e. The average molecular weight is 298 g/mol. The lowest BCUT2D eigenvalue weighted by Crippen LogP contribution is -2.35. The molecule has 116 valence electrons. The monoisotopic (exact) mass is 298 g/mol. The fourth-order valence-corrected chi connectivity index (χ4v) is 3.26. The molecular weight excluding hydrogens is 268 g/mol. The van der Waals surface area contributed by atoms with Gasteiger partial charge in [0.05, 0.1) is 5.69 Å². The second kappa shape index (κ2) is 7.01. The largest absolute Gasteiger partial charge is 0.368 e. The average Bonchev–Trinajstić information content (AvgIpc) is 2.79. The van der Waals surface area contributed by atoms with Crippen LogP contribution in [-0.4, -0.2) is 17.1 Å². The van der Waals surface area contributed by atoms with E-state index in [1.807, 2.05) is 6.92 Å². The Labute approximate surface area is 128 Å². The third kappa shape index (κ3) is 4.54. The first-order valence-electron chi connectivity index (χ1n) is 7.63. The highest BCUT2D eigenvalue weighted by Crippen LogP contribution is 2.34. The van der Waals surface area contributed by atoms with Gasteiger partial charge in [-0.05, 0) is 47.5 Å². The summed E-state index contributed by atoms with van der Waals surface area (Å²) >= 11 is 1.80. The first-order valence-corrected chi connectivity index (χ1v) is 8.45. The second-order valence-corrected chi connectivity index (χ2v) is 7.45. The van der Waals surface area contributed by atoms with Crippen LogP contribution in [0.15, 0.2) is 0 Å². The van der Waals surface area contributed by atoms with Gasteiger partial charge >= 0.3 is 0 Å². The van der Waals surface area contributed by atoms with Crippen molar-refractivity contribution in [3.05, 3.63) is 15.6 Å². The van der Waals surface area contributed by atoms with Crippen LogP contribution in [0.1, 0.15) is 70.5 Å². The number of ether oxygens (including phenoxy) is 1. The molecule has 1 aromatic heterocycles. The lowest BCUT2D eigenvalue weighted by atomic mass is 10.0. The molecule has 1 unspecified atom stereocenters. The van der Waals surface area contributed by atoms with Crippen molar-refractivity contribution >= 4 is 11.3 Å². The molecule has 1 heterocycles. The fraction of sp³-hybridized carbons (Fsp3) is 0.812. The predicted octanol–water partition coefficient (Wildman–Crippen LogP) is 4.26. The standard InChI is InChI=1S/C16H30N2OS/c1-8-12-13(11-17-15(4,5)6)20-14(18-12)16(7,9-2)19-10-3/h17H,8-11H2,1-7H3. The Bertz CT molecular complexity index is 423. The summed E-state index contributed by atoms with van der Waals surface area (Å²) in [7, 11) is 0. The van der Waals surface area contributed by atoms with Crippen molar-refractivity contribution in [1.82, 2.24) is 10.3 Å². The zero-order valence-corrected chi connectivity index (χ0v) is 14.9. The van der Waals surface area contributed by atoms with Crippen molar-refractivity contribution < 1.29 is 4.74 Å². The normalized spacial score (nSPS) is 15.3. The minimum atomic E-state index is -0.247. The molecule has 1 atom stereocenters. The quantitative estimate of drug-likeness (QED) is 0.817. The van der Waals surface area contributed by atoms with Crippen molar-refractivity contribution in [3.63, 3.8) is 0 Å². The van der Waals surface area contributed by atoms with Crippen LogP contribution >= 0.6 is 11.3 Å². The van der Waals surface area contributed by atoms with Crippen LogP contribution in [0, 0.1) is 0 Å². The Morgan fingerprint density at radius 2 is 1.80 bits per heavy atom. The van der Waals surface area contributed by atoms with Gasteiger partial charge in [-0.15, -0.1) is 11.3 Å². The summed E-state index contributed by atoms with van der Waals surface area (Å²) in [6, 6.07) is 0. The number of hydrogen-bond acceptors (Lipinski definition) is 4. The maximum atomic E-state index is 5.95. The van der Waals surface area contributed by atoms with E-state index in [0.717, 1.165) is 31.0 Å². The highest BCUT2D eigenvalue weighted by atomic mass is 32.1. The topological polar surface area (TPSA) is 34.1 Å². The summed E-state index contributed by atoms with van der Waals surface area (Å²) in [5, 5.41) is 4.67. The molecule has 1 rings (SSSR count). The molecule has 0 bridgehead atoms. The Morgan fingerprint density at radius 3 is 2.25 bits per heavy atom. The Morgan fingerprint density at radius 1 is 1.15 bits per heavy atom. The number of nitrogens with zero attached hydrogens (tertiary/aromatic N) is 1. The van der Waals surface area contributed by atoms with E-state index >= 15 is 0 Å².